The van der Waals surface area contributed by atoms with Gasteiger partial charge in [0.25, 0.3) is 0 Å². The Balaban J connectivity index is 1.76. The molecule has 0 saturated heterocycles. The van der Waals surface area contributed by atoms with E-state index < -0.39 is 0 Å². The zero-order chi connectivity index (χ0) is 16.8. The molecule has 0 fully saturated rings. The maximum Gasteiger partial charge on any atom is 0.319 e. The monoisotopic (exact) mass is 312 g/mol. The second-order valence-corrected chi connectivity index (χ2v) is 5.72. The van der Waals surface area contributed by atoms with Crippen LogP contribution in [0.5, 0.6) is 5.75 Å². The van der Waals surface area contributed by atoms with Crippen molar-refractivity contribution in [2.75, 3.05) is 18.5 Å². The molecule has 2 aromatic rings. The molecule has 2 amide bonds. The van der Waals surface area contributed by atoms with Crippen molar-refractivity contribution in [2.45, 2.75) is 27.7 Å². The van der Waals surface area contributed by atoms with Gasteiger partial charge in [0.15, 0.2) is 0 Å². The largest absolute Gasteiger partial charge is 0.492 e. The number of aryl methyl sites for hydroxylation is 3. The number of carbonyl (C=O) groups excluding carboxylic acids is 1. The van der Waals surface area contributed by atoms with E-state index in [1.54, 1.807) is 0 Å². The number of anilines is 1. The average Bonchev–Trinajstić information content (AvgIpc) is 2.52. The number of amides is 2. The van der Waals surface area contributed by atoms with E-state index in [1.807, 2.05) is 50.2 Å². The topological polar surface area (TPSA) is 50.4 Å². The van der Waals surface area contributed by atoms with E-state index in [4.69, 9.17) is 4.74 Å². The minimum atomic E-state index is -0.220. The van der Waals surface area contributed by atoms with Crippen LogP contribution in [0.2, 0.25) is 0 Å². The molecule has 0 saturated carbocycles. The number of nitrogens with one attached hydrogen (secondary N) is 2. The standard InChI is InChI=1S/C19H24N2O2/c1-13-8-9-17(12-15(13)3)23-11-10-20-19(22)21-18-7-5-6-14(2)16(18)4/h5-9,12H,10-11H2,1-4H3,(H2,20,21,22). The lowest BCUT2D eigenvalue weighted by atomic mass is 10.1. The Hall–Kier alpha value is -2.49. The van der Waals surface area contributed by atoms with Crippen molar-refractivity contribution in [1.29, 1.82) is 0 Å². The van der Waals surface area contributed by atoms with Gasteiger partial charge in [0.05, 0.1) is 6.54 Å². The molecule has 0 bridgehead atoms. The predicted octanol–water partition coefficient (Wildman–Crippen LogP) is 4.12. The number of hydrogen-bond acceptors (Lipinski definition) is 2. The third kappa shape index (κ3) is 4.74. The number of ether oxygens (including phenoxy) is 1. The van der Waals surface area contributed by atoms with Gasteiger partial charge in [0.2, 0.25) is 0 Å². The van der Waals surface area contributed by atoms with Crippen molar-refractivity contribution < 1.29 is 9.53 Å². The van der Waals surface area contributed by atoms with Gasteiger partial charge in [-0.2, -0.15) is 0 Å². The Bertz CT molecular complexity index is 696. The molecule has 0 aliphatic rings. The summed E-state index contributed by atoms with van der Waals surface area (Å²) in [5, 5.41) is 5.66. The van der Waals surface area contributed by atoms with Crippen molar-refractivity contribution >= 4 is 11.7 Å². The molecule has 23 heavy (non-hydrogen) atoms. The smallest absolute Gasteiger partial charge is 0.319 e. The predicted molar refractivity (Wildman–Crippen MR) is 94.3 cm³/mol. The molecular formula is C19H24N2O2. The van der Waals surface area contributed by atoms with E-state index in [0.29, 0.717) is 13.2 Å². The first-order valence-corrected chi connectivity index (χ1v) is 7.78. The van der Waals surface area contributed by atoms with Gasteiger partial charge in [-0.1, -0.05) is 18.2 Å². The first-order valence-electron chi connectivity index (χ1n) is 7.78. The first kappa shape index (κ1) is 16.9. The molecule has 4 nitrogen and oxygen atoms in total. The number of hydrogen-bond donors (Lipinski definition) is 2. The van der Waals surface area contributed by atoms with Gasteiger partial charge >= 0.3 is 6.03 Å². The highest BCUT2D eigenvalue weighted by Crippen LogP contribution is 2.18. The van der Waals surface area contributed by atoms with Gasteiger partial charge in [-0.05, 0) is 68.1 Å². The highest BCUT2D eigenvalue weighted by molar-refractivity contribution is 5.90. The van der Waals surface area contributed by atoms with Gasteiger partial charge in [0, 0.05) is 5.69 Å². The Labute approximate surface area is 137 Å². The summed E-state index contributed by atoms with van der Waals surface area (Å²) in [5.41, 5.74) is 5.50. The molecule has 0 radical (unpaired) electrons. The van der Waals surface area contributed by atoms with Crippen molar-refractivity contribution in [3.63, 3.8) is 0 Å². The van der Waals surface area contributed by atoms with Crippen molar-refractivity contribution in [3.05, 3.63) is 58.7 Å². The minimum Gasteiger partial charge on any atom is -0.492 e. The van der Waals surface area contributed by atoms with Crippen molar-refractivity contribution in [3.8, 4) is 5.75 Å². The van der Waals surface area contributed by atoms with Gasteiger partial charge < -0.3 is 15.4 Å². The van der Waals surface area contributed by atoms with E-state index >= 15 is 0 Å². The van der Waals surface area contributed by atoms with Gasteiger partial charge in [-0.25, -0.2) is 4.79 Å². The molecule has 2 aromatic carbocycles. The summed E-state index contributed by atoms with van der Waals surface area (Å²) < 4.78 is 5.64. The molecule has 0 unspecified atom stereocenters. The van der Waals surface area contributed by atoms with Crippen LogP contribution in [0.1, 0.15) is 22.3 Å². The molecule has 2 N–H and O–H groups in total. The summed E-state index contributed by atoms with van der Waals surface area (Å²) in [6.45, 7) is 9.02. The van der Waals surface area contributed by atoms with Crippen molar-refractivity contribution in [2.24, 2.45) is 0 Å². The van der Waals surface area contributed by atoms with Crippen LogP contribution in [0.15, 0.2) is 36.4 Å². The van der Waals surface area contributed by atoms with E-state index in [0.717, 1.165) is 22.6 Å². The number of rotatable bonds is 5. The quantitative estimate of drug-likeness (QED) is 0.816. The summed E-state index contributed by atoms with van der Waals surface area (Å²) in [6.07, 6.45) is 0. The Kier molecular flexibility index (Phi) is 5.63. The fourth-order valence-electron chi connectivity index (χ4n) is 2.19. The summed E-state index contributed by atoms with van der Waals surface area (Å²) in [6, 6.07) is 11.6. The highest BCUT2D eigenvalue weighted by Gasteiger charge is 2.05. The molecule has 0 heterocycles. The average molecular weight is 312 g/mol. The maximum atomic E-state index is 11.9. The number of benzene rings is 2. The lowest BCUT2D eigenvalue weighted by molar-refractivity contribution is 0.247. The Morgan fingerprint density at radius 3 is 2.52 bits per heavy atom. The summed E-state index contributed by atoms with van der Waals surface area (Å²) in [5.74, 6) is 0.824. The summed E-state index contributed by atoms with van der Waals surface area (Å²) in [7, 11) is 0. The highest BCUT2D eigenvalue weighted by atomic mass is 16.5. The van der Waals surface area contributed by atoms with E-state index in [-0.39, 0.29) is 6.03 Å². The van der Waals surface area contributed by atoms with Crippen LogP contribution in [0.3, 0.4) is 0 Å². The zero-order valence-corrected chi connectivity index (χ0v) is 14.2. The molecule has 122 valence electrons. The first-order chi connectivity index (χ1) is 11.0. The van der Waals surface area contributed by atoms with E-state index in [2.05, 4.69) is 24.5 Å². The van der Waals surface area contributed by atoms with E-state index in [9.17, 15) is 4.79 Å². The summed E-state index contributed by atoms with van der Waals surface area (Å²) in [4.78, 5) is 11.9. The zero-order valence-electron chi connectivity index (χ0n) is 14.2. The summed E-state index contributed by atoms with van der Waals surface area (Å²) >= 11 is 0. The lowest BCUT2D eigenvalue weighted by Gasteiger charge is -2.12. The second kappa shape index (κ2) is 7.68. The SMILES string of the molecule is Cc1ccc(OCCNC(=O)Nc2cccc(C)c2C)cc1C. The van der Waals surface area contributed by atoms with Crippen molar-refractivity contribution in [1.82, 2.24) is 5.32 Å². The Morgan fingerprint density at radius 1 is 1.00 bits per heavy atom. The minimum absolute atomic E-state index is 0.220. The molecule has 0 atom stereocenters. The van der Waals surface area contributed by atoms with Crippen LogP contribution in [-0.2, 0) is 0 Å². The van der Waals surface area contributed by atoms with Crippen LogP contribution in [0.25, 0.3) is 0 Å². The second-order valence-electron chi connectivity index (χ2n) is 5.72. The lowest BCUT2D eigenvalue weighted by Crippen LogP contribution is -2.32. The number of carbonyl (C=O) groups is 1. The molecular weight excluding hydrogens is 288 g/mol. The fourth-order valence-corrected chi connectivity index (χ4v) is 2.19. The van der Waals surface area contributed by atoms with Crippen LogP contribution in [0, 0.1) is 27.7 Å². The molecule has 2 rings (SSSR count). The molecule has 0 spiro atoms. The molecule has 0 aliphatic heterocycles. The van der Waals surface area contributed by atoms with Gasteiger partial charge in [-0.15, -0.1) is 0 Å². The third-order valence-electron chi connectivity index (χ3n) is 3.99. The number of urea groups is 1. The normalized spacial score (nSPS) is 10.3. The van der Waals surface area contributed by atoms with Crippen LogP contribution in [-0.4, -0.2) is 19.2 Å². The van der Waals surface area contributed by atoms with Crippen LogP contribution in [0.4, 0.5) is 10.5 Å². The Morgan fingerprint density at radius 2 is 1.78 bits per heavy atom. The van der Waals surface area contributed by atoms with Gasteiger partial charge in [-0.3, -0.25) is 0 Å². The molecule has 4 heteroatoms. The molecule has 0 aromatic heterocycles. The van der Waals surface area contributed by atoms with E-state index in [1.165, 1.54) is 11.1 Å². The van der Waals surface area contributed by atoms with Gasteiger partial charge in [0.1, 0.15) is 12.4 Å². The maximum absolute atomic E-state index is 11.9. The third-order valence-corrected chi connectivity index (χ3v) is 3.99. The van der Waals surface area contributed by atoms with Crippen LogP contribution < -0.4 is 15.4 Å². The fraction of sp³-hybridized carbons (Fsp3) is 0.316. The van der Waals surface area contributed by atoms with Crippen LogP contribution >= 0.6 is 0 Å². The molecule has 0 aliphatic carbocycles.